The van der Waals surface area contributed by atoms with Gasteiger partial charge in [0.25, 0.3) is 0 Å². The fraction of sp³-hybridized carbons (Fsp3) is 0.846. The van der Waals surface area contributed by atoms with Crippen molar-refractivity contribution in [3.63, 3.8) is 0 Å². The molecule has 0 rings (SSSR count). The third-order valence-corrected chi connectivity index (χ3v) is 2.36. The minimum atomic E-state index is -0.262. The first-order valence-corrected chi connectivity index (χ1v) is 6.12. The number of rotatable bonds is 2. The van der Waals surface area contributed by atoms with Crippen LogP contribution in [0.25, 0.3) is 0 Å². The summed E-state index contributed by atoms with van der Waals surface area (Å²) < 4.78 is 0. The first-order chi connectivity index (χ1) is 6.96. The highest BCUT2D eigenvalue weighted by atomic mass is 35.5. The van der Waals surface area contributed by atoms with Crippen LogP contribution in [0, 0.1) is 10.8 Å². The van der Waals surface area contributed by atoms with Crippen molar-refractivity contribution in [1.82, 2.24) is 0 Å². The maximum atomic E-state index is 10.8. The van der Waals surface area contributed by atoms with E-state index in [9.17, 15) is 9.59 Å². The van der Waals surface area contributed by atoms with E-state index in [1.807, 2.05) is 48.5 Å². The SMILES string of the molecule is CC(C)(C)C(=O)CCl.CCC(=O)C(C)(C)C. The maximum Gasteiger partial charge on any atom is 0.152 e. The number of carbonyl (C=O) groups excluding carboxylic acids is 2. The number of ketones is 2. The molecule has 0 aliphatic heterocycles. The number of halogens is 1. The van der Waals surface area contributed by atoms with E-state index in [-0.39, 0.29) is 22.5 Å². The monoisotopic (exact) mass is 248 g/mol. The lowest BCUT2D eigenvalue weighted by molar-refractivity contribution is -0.126. The first-order valence-electron chi connectivity index (χ1n) is 5.59. The average Bonchev–Trinajstić information content (AvgIpc) is 2.13. The summed E-state index contributed by atoms with van der Waals surface area (Å²) in [6.07, 6.45) is 0.656. The van der Waals surface area contributed by atoms with Gasteiger partial charge >= 0.3 is 0 Å². The predicted molar refractivity (Wildman–Crippen MR) is 69.9 cm³/mol. The number of alkyl halides is 1. The van der Waals surface area contributed by atoms with Crippen molar-refractivity contribution in [3.05, 3.63) is 0 Å². The van der Waals surface area contributed by atoms with E-state index in [2.05, 4.69) is 0 Å². The Kier molecular flexibility index (Phi) is 7.94. The molecule has 2 nitrogen and oxygen atoms in total. The quantitative estimate of drug-likeness (QED) is 0.696. The molecule has 0 aromatic rings. The van der Waals surface area contributed by atoms with Crippen LogP contribution in [-0.2, 0) is 9.59 Å². The molecular weight excluding hydrogens is 224 g/mol. The molecule has 0 unspecified atom stereocenters. The van der Waals surface area contributed by atoms with Crippen LogP contribution in [0.15, 0.2) is 0 Å². The molecule has 0 aliphatic carbocycles. The normalized spacial score (nSPS) is 11.5. The van der Waals surface area contributed by atoms with E-state index in [0.717, 1.165) is 0 Å². The summed E-state index contributed by atoms with van der Waals surface area (Å²) in [6, 6.07) is 0. The van der Waals surface area contributed by atoms with Gasteiger partial charge in [0.1, 0.15) is 5.78 Å². The lowest BCUT2D eigenvalue weighted by Crippen LogP contribution is -2.20. The van der Waals surface area contributed by atoms with Crippen molar-refractivity contribution >= 4 is 23.2 Å². The molecule has 0 saturated carbocycles. The minimum absolute atomic E-state index is 0.0965. The summed E-state index contributed by atoms with van der Waals surface area (Å²) in [6.45, 7) is 13.3. The molecule has 0 amide bonds. The van der Waals surface area contributed by atoms with Crippen LogP contribution in [0.3, 0.4) is 0 Å². The summed E-state index contributed by atoms with van der Waals surface area (Å²) in [7, 11) is 0. The maximum absolute atomic E-state index is 10.8. The van der Waals surface area contributed by atoms with Gasteiger partial charge in [0.2, 0.25) is 0 Å². The Bertz CT molecular complexity index is 205. The average molecular weight is 249 g/mol. The van der Waals surface area contributed by atoms with E-state index in [0.29, 0.717) is 12.2 Å². The highest BCUT2D eigenvalue weighted by Crippen LogP contribution is 2.15. The lowest BCUT2D eigenvalue weighted by atomic mass is 9.90. The van der Waals surface area contributed by atoms with E-state index in [1.165, 1.54) is 0 Å². The zero-order valence-corrected chi connectivity index (χ0v) is 12.4. The summed E-state index contributed by atoms with van der Waals surface area (Å²) >= 11 is 5.29. The van der Waals surface area contributed by atoms with Crippen LogP contribution >= 0.6 is 11.6 Å². The van der Waals surface area contributed by atoms with Crippen LogP contribution in [-0.4, -0.2) is 17.4 Å². The van der Waals surface area contributed by atoms with Gasteiger partial charge in [-0.05, 0) is 0 Å². The molecule has 0 spiro atoms. The Morgan fingerprint density at radius 3 is 1.19 bits per heavy atom. The molecule has 0 aromatic carbocycles. The fourth-order valence-corrected chi connectivity index (χ4v) is 1.13. The summed E-state index contributed by atoms with van der Waals surface area (Å²) in [5.41, 5.74) is -0.392. The predicted octanol–water partition coefficient (Wildman–Crippen LogP) is 3.85. The molecule has 0 radical (unpaired) electrons. The fourth-order valence-electron chi connectivity index (χ4n) is 0.731. The van der Waals surface area contributed by atoms with Crippen LogP contribution in [0.2, 0.25) is 0 Å². The molecule has 0 fully saturated rings. The Morgan fingerprint density at radius 1 is 0.875 bits per heavy atom. The lowest BCUT2D eigenvalue weighted by Gasteiger charge is -2.13. The van der Waals surface area contributed by atoms with Crippen LogP contribution in [0.5, 0.6) is 0 Å². The number of Topliss-reactive ketones (excluding diaryl/α,β-unsaturated/α-hetero) is 2. The van der Waals surface area contributed by atoms with E-state index < -0.39 is 0 Å². The Hall–Kier alpha value is -0.370. The van der Waals surface area contributed by atoms with Gasteiger partial charge < -0.3 is 0 Å². The van der Waals surface area contributed by atoms with Crippen molar-refractivity contribution in [2.24, 2.45) is 10.8 Å². The molecule has 0 heterocycles. The molecule has 0 bridgehead atoms. The molecule has 96 valence electrons. The van der Waals surface area contributed by atoms with E-state index >= 15 is 0 Å². The van der Waals surface area contributed by atoms with Gasteiger partial charge in [-0.2, -0.15) is 0 Å². The largest absolute Gasteiger partial charge is 0.299 e. The second kappa shape index (κ2) is 7.05. The molecule has 0 aromatic heterocycles. The summed E-state index contributed by atoms with van der Waals surface area (Å²) in [4.78, 5) is 21.5. The Labute approximate surface area is 105 Å². The molecule has 0 N–H and O–H groups in total. The smallest absolute Gasteiger partial charge is 0.152 e. The van der Waals surface area contributed by atoms with Gasteiger partial charge in [0.05, 0.1) is 5.88 Å². The van der Waals surface area contributed by atoms with Gasteiger partial charge in [-0.1, -0.05) is 48.5 Å². The van der Waals surface area contributed by atoms with Crippen LogP contribution < -0.4 is 0 Å². The van der Waals surface area contributed by atoms with Gasteiger partial charge in [-0.3, -0.25) is 9.59 Å². The molecule has 16 heavy (non-hydrogen) atoms. The third-order valence-electron chi connectivity index (χ3n) is 2.12. The standard InChI is InChI=1S/C7H14O.C6H11ClO/c1-5-6(8)7(2,3)4;1-6(2,3)5(8)4-7/h5H2,1-4H3;4H2,1-3H3. The van der Waals surface area contributed by atoms with Crippen molar-refractivity contribution in [3.8, 4) is 0 Å². The van der Waals surface area contributed by atoms with Gasteiger partial charge in [-0.15, -0.1) is 11.6 Å². The molecule has 0 aliphatic rings. The molecule has 3 heteroatoms. The number of hydrogen-bond donors (Lipinski definition) is 0. The van der Waals surface area contributed by atoms with Crippen molar-refractivity contribution in [2.45, 2.75) is 54.9 Å². The number of hydrogen-bond acceptors (Lipinski definition) is 2. The third kappa shape index (κ3) is 8.90. The van der Waals surface area contributed by atoms with E-state index in [1.54, 1.807) is 0 Å². The first kappa shape index (κ1) is 18.0. The second-order valence-corrected chi connectivity index (χ2v) is 6.10. The molecular formula is C13H25ClO2. The van der Waals surface area contributed by atoms with Crippen LogP contribution in [0.4, 0.5) is 0 Å². The highest BCUT2D eigenvalue weighted by molar-refractivity contribution is 6.28. The topological polar surface area (TPSA) is 34.1 Å². The van der Waals surface area contributed by atoms with E-state index in [4.69, 9.17) is 11.6 Å². The zero-order valence-electron chi connectivity index (χ0n) is 11.6. The summed E-state index contributed by atoms with van der Waals surface area (Å²) in [5.74, 6) is 0.556. The molecule has 0 saturated heterocycles. The second-order valence-electron chi connectivity index (χ2n) is 5.83. The summed E-state index contributed by atoms with van der Waals surface area (Å²) in [5, 5.41) is 0. The van der Waals surface area contributed by atoms with Gasteiger partial charge in [0, 0.05) is 17.3 Å². The zero-order chi connectivity index (χ0) is 13.6. The van der Waals surface area contributed by atoms with Crippen molar-refractivity contribution in [2.75, 3.05) is 5.88 Å². The van der Waals surface area contributed by atoms with Gasteiger partial charge in [0.15, 0.2) is 5.78 Å². The minimum Gasteiger partial charge on any atom is -0.299 e. The highest BCUT2D eigenvalue weighted by Gasteiger charge is 2.19. The van der Waals surface area contributed by atoms with Crippen molar-refractivity contribution < 1.29 is 9.59 Å². The number of carbonyl (C=O) groups is 2. The van der Waals surface area contributed by atoms with Crippen molar-refractivity contribution in [1.29, 1.82) is 0 Å². The Morgan fingerprint density at radius 2 is 1.19 bits per heavy atom. The van der Waals surface area contributed by atoms with Crippen LogP contribution in [0.1, 0.15) is 54.9 Å². The van der Waals surface area contributed by atoms with Gasteiger partial charge in [-0.25, -0.2) is 0 Å². The molecule has 0 atom stereocenters. The Balaban J connectivity index is 0.